The van der Waals surface area contributed by atoms with E-state index >= 15 is 0 Å². The van der Waals surface area contributed by atoms with Gasteiger partial charge in [-0.1, -0.05) is 6.07 Å². The summed E-state index contributed by atoms with van der Waals surface area (Å²) in [4.78, 5) is 24.6. The summed E-state index contributed by atoms with van der Waals surface area (Å²) < 4.78 is 18.7. The molecule has 1 amide bonds. The second-order valence-corrected chi connectivity index (χ2v) is 4.67. The van der Waals surface area contributed by atoms with Crippen LogP contribution in [-0.2, 0) is 9.53 Å². The molecule has 1 aliphatic heterocycles. The van der Waals surface area contributed by atoms with Crippen molar-refractivity contribution in [3.05, 3.63) is 29.6 Å². The molecule has 6 heteroatoms. The molecule has 0 spiro atoms. The number of ether oxygens (including phenoxy) is 1. The number of anilines is 1. The Morgan fingerprint density at radius 3 is 2.89 bits per heavy atom. The molecule has 19 heavy (non-hydrogen) atoms. The molecular weight excluding hydrogens is 273 g/mol. The lowest BCUT2D eigenvalue weighted by Crippen LogP contribution is -2.26. The average molecular weight is 286 g/mol. The maximum atomic E-state index is 14.2. The number of amides is 1. The quantitative estimate of drug-likeness (QED) is 0.632. The van der Waals surface area contributed by atoms with Crippen LogP contribution in [0.1, 0.15) is 16.8 Å². The Kier molecular flexibility index (Phi) is 4.04. The van der Waals surface area contributed by atoms with Gasteiger partial charge in [-0.3, -0.25) is 4.79 Å². The third-order valence-electron chi connectivity index (χ3n) is 3.10. The molecular formula is C13H13ClFNO3. The highest BCUT2D eigenvalue weighted by Crippen LogP contribution is 2.29. The Bertz CT molecular complexity index is 521. The zero-order valence-corrected chi connectivity index (χ0v) is 11.1. The molecule has 1 heterocycles. The lowest BCUT2D eigenvalue weighted by atomic mass is 10.1. The molecule has 0 N–H and O–H groups in total. The minimum atomic E-state index is -0.764. The maximum absolute atomic E-state index is 14.2. The molecule has 0 saturated carbocycles. The fourth-order valence-electron chi connectivity index (χ4n) is 2.11. The fourth-order valence-corrected chi connectivity index (χ4v) is 2.32. The van der Waals surface area contributed by atoms with Crippen LogP contribution in [0.4, 0.5) is 10.1 Å². The first-order valence-corrected chi connectivity index (χ1v) is 6.35. The smallest absolute Gasteiger partial charge is 0.340 e. The number of nitrogens with zero attached hydrogens (tertiary/aromatic N) is 1. The molecule has 1 fully saturated rings. The van der Waals surface area contributed by atoms with Gasteiger partial charge in [-0.25, -0.2) is 9.18 Å². The lowest BCUT2D eigenvalue weighted by molar-refractivity contribution is -0.117. The number of carbonyl (C=O) groups is 2. The van der Waals surface area contributed by atoms with Crippen LogP contribution in [0, 0.1) is 11.7 Å². The Morgan fingerprint density at radius 1 is 1.58 bits per heavy atom. The Hall–Kier alpha value is -1.62. The van der Waals surface area contributed by atoms with E-state index in [2.05, 4.69) is 4.74 Å². The molecule has 4 nitrogen and oxygen atoms in total. The minimum Gasteiger partial charge on any atom is -0.465 e. The third-order valence-corrected chi connectivity index (χ3v) is 3.53. The fraction of sp³-hybridized carbons (Fsp3) is 0.385. The van der Waals surface area contributed by atoms with Crippen molar-refractivity contribution < 1.29 is 18.7 Å². The number of esters is 1. The third kappa shape index (κ3) is 2.56. The van der Waals surface area contributed by atoms with E-state index in [4.69, 9.17) is 11.6 Å². The van der Waals surface area contributed by atoms with Gasteiger partial charge in [-0.2, -0.15) is 0 Å². The molecule has 1 aliphatic rings. The number of benzene rings is 1. The van der Waals surface area contributed by atoms with Crippen LogP contribution < -0.4 is 4.90 Å². The molecule has 1 aromatic rings. The summed E-state index contributed by atoms with van der Waals surface area (Å²) in [5.41, 5.74) is -0.0809. The van der Waals surface area contributed by atoms with Crippen molar-refractivity contribution in [3.63, 3.8) is 0 Å². The normalized spacial score (nSPS) is 18.8. The van der Waals surface area contributed by atoms with Gasteiger partial charge < -0.3 is 9.64 Å². The van der Waals surface area contributed by atoms with Gasteiger partial charge in [0.1, 0.15) is 0 Å². The predicted molar refractivity (Wildman–Crippen MR) is 68.9 cm³/mol. The van der Waals surface area contributed by atoms with Crippen LogP contribution in [0.25, 0.3) is 0 Å². The summed E-state index contributed by atoms with van der Waals surface area (Å²) in [5.74, 6) is -1.33. The van der Waals surface area contributed by atoms with Crippen LogP contribution in [0.15, 0.2) is 18.2 Å². The van der Waals surface area contributed by atoms with Crippen molar-refractivity contribution in [1.82, 2.24) is 0 Å². The van der Waals surface area contributed by atoms with Crippen LogP contribution >= 0.6 is 11.6 Å². The van der Waals surface area contributed by atoms with Gasteiger partial charge in [0.2, 0.25) is 5.91 Å². The zero-order valence-electron chi connectivity index (χ0n) is 10.4. The van der Waals surface area contributed by atoms with Gasteiger partial charge in [0, 0.05) is 18.8 Å². The maximum Gasteiger partial charge on any atom is 0.340 e. The first kappa shape index (κ1) is 13.8. The van der Waals surface area contributed by atoms with E-state index in [-0.39, 0.29) is 23.1 Å². The summed E-state index contributed by atoms with van der Waals surface area (Å²) >= 11 is 5.72. The largest absolute Gasteiger partial charge is 0.465 e. The van der Waals surface area contributed by atoms with Crippen LogP contribution in [0.2, 0.25) is 0 Å². The number of rotatable bonds is 3. The molecule has 1 saturated heterocycles. The highest BCUT2D eigenvalue weighted by atomic mass is 35.5. The second kappa shape index (κ2) is 5.57. The number of hydrogen-bond donors (Lipinski definition) is 0. The van der Waals surface area contributed by atoms with Gasteiger partial charge in [0.25, 0.3) is 0 Å². The van der Waals surface area contributed by atoms with Gasteiger partial charge in [0.05, 0.1) is 18.4 Å². The van der Waals surface area contributed by atoms with Crippen molar-refractivity contribution in [3.8, 4) is 0 Å². The summed E-state index contributed by atoms with van der Waals surface area (Å²) in [6.45, 7) is 0.365. The summed E-state index contributed by atoms with van der Waals surface area (Å²) in [5, 5.41) is 0. The monoisotopic (exact) mass is 285 g/mol. The summed E-state index contributed by atoms with van der Waals surface area (Å²) in [6, 6.07) is 4.31. The molecule has 0 aliphatic carbocycles. The van der Waals surface area contributed by atoms with Gasteiger partial charge in [0.15, 0.2) is 5.82 Å². The second-order valence-electron chi connectivity index (χ2n) is 4.36. The van der Waals surface area contributed by atoms with Gasteiger partial charge in [-0.15, -0.1) is 11.6 Å². The highest BCUT2D eigenvalue weighted by Gasteiger charge is 2.32. The summed E-state index contributed by atoms with van der Waals surface area (Å²) in [6.07, 6.45) is 0.297. The van der Waals surface area contributed by atoms with Crippen molar-refractivity contribution in [2.45, 2.75) is 6.42 Å². The molecule has 0 radical (unpaired) electrons. The van der Waals surface area contributed by atoms with Gasteiger partial charge >= 0.3 is 5.97 Å². The number of hydrogen-bond acceptors (Lipinski definition) is 3. The number of carbonyl (C=O) groups excluding carboxylic acids is 2. The first-order chi connectivity index (χ1) is 9.08. The molecule has 0 bridgehead atoms. The summed E-state index contributed by atoms with van der Waals surface area (Å²) in [7, 11) is 1.18. The topological polar surface area (TPSA) is 46.6 Å². The molecule has 1 atom stereocenters. The number of alkyl halides is 1. The molecule has 102 valence electrons. The lowest BCUT2D eigenvalue weighted by Gasteiger charge is -2.18. The van der Waals surface area contributed by atoms with Gasteiger partial charge in [-0.05, 0) is 18.1 Å². The number of methoxy groups -OCH3 is 1. The number of halogens is 2. The molecule has 1 unspecified atom stereocenters. The van der Waals surface area contributed by atoms with E-state index in [1.165, 1.54) is 30.2 Å². The zero-order chi connectivity index (χ0) is 14.0. The van der Waals surface area contributed by atoms with E-state index in [1.807, 2.05) is 0 Å². The van der Waals surface area contributed by atoms with E-state index in [0.29, 0.717) is 18.8 Å². The van der Waals surface area contributed by atoms with Crippen LogP contribution in [0.5, 0.6) is 0 Å². The van der Waals surface area contributed by atoms with Crippen molar-refractivity contribution in [2.24, 2.45) is 5.92 Å². The van der Waals surface area contributed by atoms with E-state index in [1.54, 1.807) is 0 Å². The molecule has 0 aromatic heterocycles. The Morgan fingerprint density at radius 2 is 2.32 bits per heavy atom. The van der Waals surface area contributed by atoms with Crippen molar-refractivity contribution >= 4 is 29.2 Å². The van der Waals surface area contributed by atoms with Crippen LogP contribution in [-0.4, -0.2) is 31.4 Å². The van der Waals surface area contributed by atoms with E-state index in [9.17, 15) is 14.0 Å². The van der Waals surface area contributed by atoms with Crippen molar-refractivity contribution in [2.75, 3.05) is 24.4 Å². The Balaban J connectivity index is 2.36. The standard InChI is InChI=1S/C13H13ClFNO3/c1-19-13(18)9-3-2-4-10(12(9)15)16-7-8(6-14)5-11(16)17/h2-4,8H,5-7H2,1H3. The van der Waals surface area contributed by atoms with E-state index in [0.717, 1.165) is 0 Å². The Labute approximate surface area is 115 Å². The molecule has 1 aromatic carbocycles. The average Bonchev–Trinajstić information content (AvgIpc) is 2.79. The van der Waals surface area contributed by atoms with E-state index < -0.39 is 11.8 Å². The highest BCUT2D eigenvalue weighted by molar-refractivity contribution is 6.18. The molecule has 2 rings (SSSR count). The van der Waals surface area contributed by atoms with Crippen molar-refractivity contribution in [1.29, 1.82) is 0 Å². The van der Waals surface area contributed by atoms with Crippen LogP contribution in [0.3, 0.4) is 0 Å². The predicted octanol–water partition coefficient (Wildman–Crippen LogP) is 2.20. The SMILES string of the molecule is COC(=O)c1cccc(N2CC(CCl)CC2=O)c1F. The first-order valence-electron chi connectivity index (χ1n) is 5.81. The minimum absolute atomic E-state index is 0.00958.